The van der Waals surface area contributed by atoms with Gasteiger partial charge in [0.1, 0.15) is 62.1 Å². The predicted molar refractivity (Wildman–Crippen MR) is 257 cm³/mol. The van der Waals surface area contributed by atoms with Crippen LogP contribution >= 0.6 is 0 Å². The molecule has 0 fully saturated rings. The lowest BCUT2D eigenvalue weighted by atomic mass is 10.1. The average molecular weight is 1020 g/mol. The van der Waals surface area contributed by atoms with E-state index in [9.17, 15) is 39.5 Å². The lowest BCUT2D eigenvalue weighted by Crippen LogP contribution is -2.09. The molecular formula is C45H41N7O15S3. The maximum absolute atomic E-state index is 12.6. The number of phenols is 1. The van der Waals surface area contributed by atoms with Gasteiger partial charge in [0.25, 0.3) is 30.4 Å². The number of nitrogens with one attached hydrogen (secondary N) is 1. The number of nitrogens with zero attached hydrogens (tertiary/aromatic N) is 6. The van der Waals surface area contributed by atoms with Gasteiger partial charge in [0, 0.05) is 52.5 Å². The minimum atomic E-state index is -4.94. The number of benzene rings is 7. The third-order valence-corrected chi connectivity index (χ3v) is 12.6. The molecule has 5 N–H and O–H groups in total. The fraction of sp³-hybridized carbons (Fsp3) is 0.156. The normalized spacial score (nSPS) is 12.3. The Hall–Kier alpha value is -7.81. The second-order valence-electron chi connectivity index (χ2n) is 14.8. The van der Waals surface area contributed by atoms with Gasteiger partial charge in [-0.25, -0.2) is 0 Å². The van der Waals surface area contributed by atoms with E-state index >= 15 is 0 Å². The molecule has 364 valence electrons. The quantitative estimate of drug-likeness (QED) is 0.0285. The summed E-state index contributed by atoms with van der Waals surface area (Å²) in [6.45, 7) is -0.217. The van der Waals surface area contributed by atoms with Crippen molar-refractivity contribution < 1.29 is 67.7 Å². The van der Waals surface area contributed by atoms with Gasteiger partial charge in [-0.15, -0.1) is 25.6 Å². The molecule has 25 heteroatoms. The molecular weight excluding hydrogens is 975 g/mol. The van der Waals surface area contributed by atoms with Crippen LogP contribution in [0.25, 0.3) is 21.5 Å². The van der Waals surface area contributed by atoms with Gasteiger partial charge in [-0.05, 0) is 71.8 Å². The van der Waals surface area contributed by atoms with Crippen molar-refractivity contribution >= 4 is 97.4 Å². The molecule has 22 nitrogen and oxygen atoms in total. The number of hydrogen-bond donors (Lipinski definition) is 5. The van der Waals surface area contributed by atoms with Crippen molar-refractivity contribution in [3.8, 4) is 34.5 Å². The molecule has 70 heavy (non-hydrogen) atoms. The first-order chi connectivity index (χ1) is 33.3. The SMILES string of the molecule is COc1cc(N=Nc2cc(OC)c(N=Nc3c(S(=O)(=O)O)cc4cc(Nc5ccccc5)ccc4c3O)cc2OC)c(OC)cc1N=Nc1ccc2cc(S(=O)(=O)O)cc(OCCCS(=O)(=O)O)c2c1. The molecule has 0 aliphatic heterocycles. The molecule has 0 saturated heterocycles. The smallest absolute Gasteiger partial charge is 0.296 e. The number of ether oxygens (including phenoxy) is 5. The number of phenolic OH excluding ortho intramolecular Hbond substituents is 1. The van der Waals surface area contributed by atoms with E-state index in [2.05, 4.69) is 36.0 Å². The number of fused-ring (bicyclic) bond motifs is 2. The number of para-hydroxylation sites is 1. The van der Waals surface area contributed by atoms with E-state index in [0.29, 0.717) is 16.5 Å². The van der Waals surface area contributed by atoms with Gasteiger partial charge in [0.05, 0.1) is 51.4 Å². The van der Waals surface area contributed by atoms with E-state index in [1.807, 2.05) is 30.3 Å². The zero-order valence-electron chi connectivity index (χ0n) is 37.2. The Kier molecular flexibility index (Phi) is 14.9. The van der Waals surface area contributed by atoms with Crippen LogP contribution in [0.15, 0.2) is 150 Å². The van der Waals surface area contributed by atoms with Crippen molar-refractivity contribution in [3.63, 3.8) is 0 Å². The molecule has 0 aromatic heterocycles. The number of azo groups is 3. The van der Waals surface area contributed by atoms with E-state index in [1.54, 1.807) is 18.2 Å². The minimum Gasteiger partial charge on any atom is -0.505 e. The third kappa shape index (κ3) is 11.9. The number of rotatable bonds is 19. The van der Waals surface area contributed by atoms with E-state index in [-0.39, 0.29) is 81.0 Å². The highest BCUT2D eigenvalue weighted by Crippen LogP contribution is 2.46. The Morgan fingerprint density at radius 3 is 1.60 bits per heavy atom. The zero-order valence-corrected chi connectivity index (χ0v) is 39.7. The molecule has 0 unspecified atom stereocenters. The molecule has 0 radical (unpaired) electrons. The van der Waals surface area contributed by atoms with Gasteiger partial charge in [-0.2, -0.15) is 30.4 Å². The van der Waals surface area contributed by atoms with E-state index in [0.717, 1.165) is 11.8 Å². The van der Waals surface area contributed by atoms with Crippen LogP contribution in [0.5, 0.6) is 34.5 Å². The number of hydrogen-bond acceptors (Lipinski definition) is 19. The predicted octanol–water partition coefficient (Wildman–Crippen LogP) is 10.9. The summed E-state index contributed by atoms with van der Waals surface area (Å²) >= 11 is 0. The summed E-state index contributed by atoms with van der Waals surface area (Å²) in [7, 11) is -8.40. The van der Waals surface area contributed by atoms with Gasteiger partial charge in [0.2, 0.25) is 0 Å². The number of anilines is 2. The summed E-state index contributed by atoms with van der Waals surface area (Å²) in [6, 6.07) is 27.8. The van der Waals surface area contributed by atoms with Crippen LogP contribution in [0, 0.1) is 0 Å². The number of methoxy groups -OCH3 is 4. The fourth-order valence-electron chi connectivity index (χ4n) is 6.82. The fourth-order valence-corrected chi connectivity index (χ4v) is 8.49. The minimum absolute atomic E-state index is 0.0119. The Morgan fingerprint density at radius 1 is 0.514 bits per heavy atom. The van der Waals surface area contributed by atoms with Crippen molar-refractivity contribution in [3.05, 3.63) is 109 Å². The summed E-state index contributed by atoms with van der Waals surface area (Å²) in [5.41, 5.74) is 1.61. The maximum Gasteiger partial charge on any atom is 0.296 e. The van der Waals surface area contributed by atoms with Crippen molar-refractivity contribution in [1.82, 2.24) is 0 Å². The Balaban J connectivity index is 1.16. The molecule has 0 aliphatic carbocycles. The molecule has 7 aromatic rings. The van der Waals surface area contributed by atoms with Gasteiger partial charge >= 0.3 is 0 Å². The maximum atomic E-state index is 12.6. The largest absolute Gasteiger partial charge is 0.505 e. The topological polar surface area (TPSA) is 316 Å². The molecule has 7 rings (SSSR count). The lowest BCUT2D eigenvalue weighted by Gasteiger charge is -2.12. The summed E-state index contributed by atoms with van der Waals surface area (Å²) in [5, 5.41) is 41.2. The van der Waals surface area contributed by atoms with Gasteiger partial charge < -0.3 is 34.1 Å². The summed E-state index contributed by atoms with van der Waals surface area (Å²) < 4.78 is 128. The Morgan fingerprint density at radius 2 is 1.07 bits per heavy atom. The van der Waals surface area contributed by atoms with E-state index in [1.165, 1.54) is 83.0 Å². The molecule has 0 amide bonds. The van der Waals surface area contributed by atoms with Crippen molar-refractivity contribution in [1.29, 1.82) is 0 Å². The van der Waals surface area contributed by atoms with E-state index < -0.39 is 57.3 Å². The first-order valence-electron chi connectivity index (χ1n) is 20.3. The molecule has 0 saturated carbocycles. The summed E-state index contributed by atoms with van der Waals surface area (Å²) in [5.74, 6) is -0.611. The monoisotopic (exact) mass is 1020 g/mol. The second-order valence-corrected chi connectivity index (χ2v) is 19.1. The highest BCUT2D eigenvalue weighted by molar-refractivity contribution is 7.86. The molecule has 0 atom stereocenters. The van der Waals surface area contributed by atoms with Gasteiger partial charge in [-0.1, -0.05) is 24.3 Å². The van der Waals surface area contributed by atoms with Crippen LogP contribution in [-0.2, 0) is 30.4 Å². The standard InChI is InChI=1S/C45H41N7O15S3/c1-63-39-23-35(40(64-2)22-34(39)48-47-30-12-11-26-18-31(69(57,58)59)21-38(33(26)20-30)67-15-8-16-68(54,55)56)49-50-36-24-42(66-4)37(25-41(36)65-3)51-52-44-43(70(60,61)62)19-27-17-29(13-14-32(27)45(44)53)46-28-9-6-5-7-10-28/h5-7,9-14,17-25,46,53H,8,15-16H2,1-4H3,(H,54,55,56)(H,57,58,59)(H,60,61,62). The van der Waals surface area contributed by atoms with Crippen molar-refractivity contribution in [2.75, 3.05) is 46.1 Å². The summed E-state index contributed by atoms with van der Waals surface area (Å²) in [4.78, 5) is -1.16. The summed E-state index contributed by atoms with van der Waals surface area (Å²) in [6.07, 6.45) is -0.116. The van der Waals surface area contributed by atoms with Gasteiger partial charge in [0.15, 0.2) is 5.75 Å². The van der Waals surface area contributed by atoms with Crippen LogP contribution in [0.4, 0.5) is 45.5 Å². The highest BCUT2D eigenvalue weighted by atomic mass is 32.2. The highest BCUT2D eigenvalue weighted by Gasteiger charge is 2.23. The number of aromatic hydroxyl groups is 1. The third-order valence-electron chi connectivity index (χ3n) is 10.1. The Labute approximate surface area is 400 Å². The second kappa shape index (κ2) is 20.8. The van der Waals surface area contributed by atoms with Crippen molar-refractivity contribution in [2.45, 2.75) is 16.2 Å². The van der Waals surface area contributed by atoms with Crippen LogP contribution in [-0.4, -0.2) is 84.8 Å². The molecule has 0 heterocycles. The molecule has 7 aromatic carbocycles. The Bertz CT molecular complexity index is 3580. The van der Waals surface area contributed by atoms with Crippen molar-refractivity contribution in [2.24, 2.45) is 30.7 Å². The van der Waals surface area contributed by atoms with Crippen LogP contribution in [0.3, 0.4) is 0 Å². The van der Waals surface area contributed by atoms with Crippen LogP contribution < -0.4 is 29.0 Å². The molecule has 0 spiro atoms. The lowest BCUT2D eigenvalue weighted by molar-refractivity contribution is 0.319. The molecule has 0 aliphatic rings. The first kappa shape index (κ1) is 50.1. The zero-order chi connectivity index (χ0) is 50.4. The first-order valence-corrected chi connectivity index (χ1v) is 24.8. The van der Waals surface area contributed by atoms with E-state index in [4.69, 9.17) is 28.2 Å². The van der Waals surface area contributed by atoms with Gasteiger partial charge in [-0.3, -0.25) is 13.7 Å². The van der Waals surface area contributed by atoms with Crippen LogP contribution in [0.2, 0.25) is 0 Å². The molecule has 0 bridgehead atoms. The average Bonchev–Trinajstić information content (AvgIpc) is 3.32. The van der Waals surface area contributed by atoms with Crippen LogP contribution in [0.1, 0.15) is 6.42 Å².